The molecular formula is C17H22ClN3O2S. The Kier molecular flexibility index (Phi) is 7.12. The number of aromatic nitrogens is 2. The Hall–Kier alpha value is -1.53. The lowest BCUT2D eigenvalue weighted by Crippen LogP contribution is -2.27. The summed E-state index contributed by atoms with van der Waals surface area (Å²) in [7, 11) is 0. The van der Waals surface area contributed by atoms with Gasteiger partial charge in [-0.05, 0) is 31.5 Å². The number of fused-ring (bicyclic) bond motifs is 1. The molecule has 0 atom stereocenters. The molecule has 24 heavy (non-hydrogen) atoms. The summed E-state index contributed by atoms with van der Waals surface area (Å²) in [5.74, 6) is 0.170. The van der Waals surface area contributed by atoms with Crippen LogP contribution in [0.25, 0.3) is 10.9 Å². The van der Waals surface area contributed by atoms with Crippen molar-refractivity contribution in [3.8, 4) is 0 Å². The Morgan fingerprint density at radius 1 is 1.33 bits per heavy atom. The van der Waals surface area contributed by atoms with Crippen molar-refractivity contribution in [1.82, 2.24) is 14.9 Å². The summed E-state index contributed by atoms with van der Waals surface area (Å²) in [6.45, 7) is 5.19. The average Bonchev–Trinajstić information content (AvgIpc) is 2.55. The molecule has 0 radical (unpaired) electrons. The van der Waals surface area contributed by atoms with Crippen LogP contribution in [-0.2, 0) is 11.3 Å². The number of halogens is 1. The van der Waals surface area contributed by atoms with E-state index in [0.29, 0.717) is 34.2 Å². The molecule has 1 aromatic carbocycles. The molecule has 1 amide bonds. The van der Waals surface area contributed by atoms with E-state index in [-0.39, 0.29) is 17.2 Å². The molecule has 0 bridgehead atoms. The number of nitrogens with zero attached hydrogens (tertiary/aromatic N) is 2. The predicted octanol–water partition coefficient (Wildman–Crippen LogP) is 3.47. The van der Waals surface area contributed by atoms with Gasteiger partial charge in [0.2, 0.25) is 5.91 Å². The standard InChI is InChI=1S/C17H22ClN3O2S/c1-3-5-6-9-21-16(23)13-8-7-12(18)10-14(13)20-17(21)24-11-15(22)19-4-2/h7-8,10H,3-6,9,11H2,1-2H3,(H,19,22). The van der Waals surface area contributed by atoms with Crippen molar-refractivity contribution in [2.75, 3.05) is 12.3 Å². The van der Waals surface area contributed by atoms with Crippen molar-refractivity contribution >= 4 is 40.2 Å². The number of carbonyl (C=O) groups is 1. The molecule has 0 saturated heterocycles. The molecule has 7 heteroatoms. The molecule has 0 unspecified atom stereocenters. The second-order valence-electron chi connectivity index (χ2n) is 5.46. The van der Waals surface area contributed by atoms with E-state index in [1.807, 2.05) is 6.92 Å². The Labute approximate surface area is 150 Å². The highest BCUT2D eigenvalue weighted by Crippen LogP contribution is 2.20. The number of hydrogen-bond donors (Lipinski definition) is 1. The van der Waals surface area contributed by atoms with Crippen molar-refractivity contribution < 1.29 is 4.79 Å². The van der Waals surface area contributed by atoms with Gasteiger partial charge in [0.05, 0.1) is 16.7 Å². The summed E-state index contributed by atoms with van der Waals surface area (Å²) in [5, 5.41) is 4.41. The molecule has 0 spiro atoms. The fraction of sp³-hybridized carbons (Fsp3) is 0.471. The second kappa shape index (κ2) is 9.08. The number of thioether (sulfide) groups is 1. The summed E-state index contributed by atoms with van der Waals surface area (Å²) in [6.07, 6.45) is 3.03. The average molecular weight is 368 g/mol. The second-order valence-corrected chi connectivity index (χ2v) is 6.84. The molecule has 0 fully saturated rings. The minimum absolute atomic E-state index is 0.0666. The summed E-state index contributed by atoms with van der Waals surface area (Å²) in [6, 6.07) is 5.09. The molecule has 1 N–H and O–H groups in total. The zero-order chi connectivity index (χ0) is 17.5. The van der Waals surface area contributed by atoms with Crippen LogP contribution >= 0.6 is 23.4 Å². The van der Waals surface area contributed by atoms with Gasteiger partial charge in [-0.3, -0.25) is 14.2 Å². The number of nitrogens with one attached hydrogen (secondary N) is 1. The Bertz CT molecular complexity index is 776. The van der Waals surface area contributed by atoms with E-state index >= 15 is 0 Å². The Morgan fingerprint density at radius 3 is 2.83 bits per heavy atom. The largest absolute Gasteiger partial charge is 0.356 e. The topological polar surface area (TPSA) is 64.0 Å². The summed E-state index contributed by atoms with van der Waals surface area (Å²) < 4.78 is 1.68. The van der Waals surface area contributed by atoms with Crippen molar-refractivity contribution in [2.45, 2.75) is 44.8 Å². The van der Waals surface area contributed by atoms with Gasteiger partial charge < -0.3 is 5.32 Å². The minimum atomic E-state index is -0.0776. The molecule has 0 aliphatic carbocycles. The number of hydrogen-bond acceptors (Lipinski definition) is 4. The van der Waals surface area contributed by atoms with Crippen molar-refractivity contribution in [2.24, 2.45) is 0 Å². The van der Waals surface area contributed by atoms with Crippen LogP contribution in [0.2, 0.25) is 5.02 Å². The summed E-state index contributed by atoms with van der Waals surface area (Å²) in [5.41, 5.74) is 0.490. The molecule has 1 heterocycles. The van der Waals surface area contributed by atoms with Crippen LogP contribution in [0.15, 0.2) is 28.2 Å². The van der Waals surface area contributed by atoms with E-state index in [0.717, 1.165) is 19.3 Å². The SMILES string of the molecule is CCCCCn1c(SCC(=O)NCC)nc2cc(Cl)ccc2c1=O. The van der Waals surface area contributed by atoms with Crippen LogP contribution in [0.4, 0.5) is 0 Å². The first-order valence-electron chi connectivity index (χ1n) is 8.16. The minimum Gasteiger partial charge on any atom is -0.356 e. The number of carbonyl (C=O) groups excluding carboxylic acids is 1. The van der Waals surface area contributed by atoms with Crippen molar-refractivity contribution in [3.63, 3.8) is 0 Å². The molecule has 0 saturated carbocycles. The van der Waals surface area contributed by atoms with E-state index in [4.69, 9.17) is 11.6 Å². The van der Waals surface area contributed by atoms with Crippen molar-refractivity contribution in [3.05, 3.63) is 33.6 Å². The molecule has 130 valence electrons. The third kappa shape index (κ3) is 4.74. The van der Waals surface area contributed by atoms with Gasteiger partial charge in [0, 0.05) is 18.1 Å². The van der Waals surface area contributed by atoms with Gasteiger partial charge in [-0.1, -0.05) is 43.1 Å². The molecule has 5 nitrogen and oxygen atoms in total. The highest BCUT2D eigenvalue weighted by atomic mass is 35.5. The van der Waals surface area contributed by atoms with Crippen LogP contribution in [0.1, 0.15) is 33.1 Å². The third-order valence-electron chi connectivity index (χ3n) is 3.57. The summed E-state index contributed by atoms with van der Waals surface area (Å²) in [4.78, 5) is 29.1. The lowest BCUT2D eigenvalue weighted by molar-refractivity contribution is -0.118. The molecule has 0 aliphatic heterocycles. The maximum absolute atomic E-state index is 12.8. The predicted molar refractivity (Wildman–Crippen MR) is 99.9 cm³/mol. The van der Waals surface area contributed by atoms with E-state index in [2.05, 4.69) is 17.2 Å². The molecular weight excluding hydrogens is 346 g/mol. The monoisotopic (exact) mass is 367 g/mol. The summed E-state index contributed by atoms with van der Waals surface area (Å²) >= 11 is 7.30. The van der Waals surface area contributed by atoms with Gasteiger partial charge in [0.1, 0.15) is 0 Å². The fourth-order valence-electron chi connectivity index (χ4n) is 2.38. The quantitative estimate of drug-likeness (QED) is 0.441. The van der Waals surface area contributed by atoms with Crippen molar-refractivity contribution in [1.29, 1.82) is 0 Å². The normalized spacial score (nSPS) is 11.0. The number of benzene rings is 1. The molecule has 0 aliphatic rings. The first kappa shape index (κ1) is 18.8. The maximum Gasteiger partial charge on any atom is 0.262 e. The Balaban J connectivity index is 2.38. The highest BCUT2D eigenvalue weighted by Gasteiger charge is 2.13. The van der Waals surface area contributed by atoms with E-state index in [1.54, 1.807) is 22.8 Å². The lowest BCUT2D eigenvalue weighted by atomic mass is 10.2. The first-order valence-corrected chi connectivity index (χ1v) is 9.52. The zero-order valence-corrected chi connectivity index (χ0v) is 15.5. The number of rotatable bonds is 8. The van der Waals surface area contributed by atoms with Crippen LogP contribution in [0, 0.1) is 0 Å². The van der Waals surface area contributed by atoms with Crippen LogP contribution in [0.3, 0.4) is 0 Å². The van der Waals surface area contributed by atoms with E-state index < -0.39 is 0 Å². The van der Waals surface area contributed by atoms with Crippen LogP contribution in [0.5, 0.6) is 0 Å². The maximum atomic E-state index is 12.8. The van der Waals surface area contributed by atoms with Gasteiger partial charge in [0.15, 0.2) is 5.16 Å². The molecule has 2 aromatic rings. The van der Waals surface area contributed by atoms with Gasteiger partial charge in [-0.2, -0.15) is 0 Å². The zero-order valence-electron chi connectivity index (χ0n) is 14.0. The number of amides is 1. The van der Waals surface area contributed by atoms with E-state index in [1.165, 1.54) is 11.8 Å². The smallest absolute Gasteiger partial charge is 0.262 e. The molecule has 1 aromatic heterocycles. The van der Waals surface area contributed by atoms with Crippen LogP contribution in [-0.4, -0.2) is 27.8 Å². The highest BCUT2D eigenvalue weighted by molar-refractivity contribution is 7.99. The van der Waals surface area contributed by atoms with Gasteiger partial charge in [-0.25, -0.2) is 4.98 Å². The number of unbranched alkanes of at least 4 members (excludes halogenated alkanes) is 2. The van der Waals surface area contributed by atoms with Gasteiger partial charge in [0.25, 0.3) is 5.56 Å². The fourth-order valence-corrected chi connectivity index (χ4v) is 3.40. The van der Waals surface area contributed by atoms with Gasteiger partial charge in [-0.15, -0.1) is 0 Å². The molecule has 2 rings (SSSR count). The van der Waals surface area contributed by atoms with Crippen LogP contribution < -0.4 is 10.9 Å². The van der Waals surface area contributed by atoms with Gasteiger partial charge >= 0.3 is 0 Å². The first-order chi connectivity index (χ1) is 11.6. The Morgan fingerprint density at radius 2 is 2.12 bits per heavy atom. The van der Waals surface area contributed by atoms with E-state index in [9.17, 15) is 9.59 Å². The third-order valence-corrected chi connectivity index (χ3v) is 4.79. The lowest BCUT2D eigenvalue weighted by Gasteiger charge is -2.13.